The number of unbranched alkanes of at least 4 members (excludes halogenated alkanes) is 9. The Balaban J connectivity index is 0. The molecule has 0 atom stereocenters. The van der Waals surface area contributed by atoms with Crippen LogP contribution in [0.5, 0.6) is 0 Å². The topological polar surface area (TPSA) is 17.1 Å². The van der Waals surface area contributed by atoms with E-state index in [4.69, 9.17) is 0 Å². The number of hydrogen-bond donors (Lipinski definition) is 0. The highest BCUT2D eigenvalue weighted by Gasteiger charge is 1.91. The molecule has 0 heterocycles. The second-order valence-electron chi connectivity index (χ2n) is 3.78. The molecule has 0 amide bonds. The van der Waals surface area contributed by atoms with Gasteiger partial charge in [0.15, 0.2) is 0 Å². The zero-order valence-electron chi connectivity index (χ0n) is 9.06. The summed E-state index contributed by atoms with van der Waals surface area (Å²) in [6.07, 6.45) is 13.7. The fraction of sp³-hybridized carbons (Fsp3) is 0.917. The molecule has 0 aliphatic carbocycles. The molecule has 14 heavy (non-hydrogen) atoms. The zero-order valence-corrected chi connectivity index (χ0v) is 9.06. The molecule has 0 aromatic carbocycles. The van der Waals surface area contributed by atoms with Crippen LogP contribution in [0, 0.1) is 0 Å². The Hall–Kier alpha value is 0.436. The minimum Gasteiger partial charge on any atom is -0.303 e. The quantitative estimate of drug-likeness (QED) is 0.308. The fourth-order valence-electron chi connectivity index (χ4n) is 1.54. The van der Waals surface area contributed by atoms with Gasteiger partial charge in [0.1, 0.15) is 6.29 Å². The Kier molecular flexibility index (Phi) is 19.1. The van der Waals surface area contributed by atoms with Crippen molar-refractivity contribution in [3.8, 4) is 0 Å². The third-order valence-electron chi connectivity index (χ3n) is 2.43. The average molecular weight is 211 g/mol. The number of aldehydes is 1. The van der Waals surface area contributed by atoms with E-state index in [1.54, 1.807) is 0 Å². The van der Waals surface area contributed by atoms with Gasteiger partial charge in [-0.25, -0.2) is 0 Å². The molecule has 82 valence electrons. The van der Waals surface area contributed by atoms with Crippen LogP contribution in [-0.2, 0) is 4.79 Å². The first-order valence-electron chi connectivity index (χ1n) is 5.85. The lowest BCUT2D eigenvalue weighted by Crippen LogP contribution is -1.81. The van der Waals surface area contributed by atoms with Gasteiger partial charge in [-0.2, -0.15) is 0 Å². The van der Waals surface area contributed by atoms with Crippen molar-refractivity contribution in [2.75, 3.05) is 0 Å². The van der Waals surface area contributed by atoms with Crippen LogP contribution in [0.25, 0.3) is 0 Å². The molecule has 0 unspecified atom stereocenters. The molecule has 0 aliphatic heterocycles. The van der Waals surface area contributed by atoms with E-state index >= 15 is 0 Å². The van der Waals surface area contributed by atoms with Crippen molar-refractivity contribution in [3.05, 3.63) is 0 Å². The van der Waals surface area contributed by atoms with Gasteiger partial charge in [0.25, 0.3) is 0 Å². The summed E-state index contributed by atoms with van der Waals surface area (Å²) in [5.74, 6) is 0. The summed E-state index contributed by atoms with van der Waals surface area (Å²) in [4.78, 5) is 10.0. The molecule has 2 heteroatoms. The number of carbonyl (C=O) groups is 1. The molecule has 1 nitrogen and oxygen atoms in total. The summed E-state index contributed by atoms with van der Waals surface area (Å²) in [6, 6.07) is 0. The number of rotatable bonds is 10. The molecule has 0 N–H and O–H groups in total. The largest absolute Gasteiger partial charge is 0.316 e. The highest BCUT2D eigenvalue weighted by atomic mass is 24.3. The van der Waals surface area contributed by atoms with Gasteiger partial charge < -0.3 is 4.79 Å². The lowest BCUT2D eigenvalue weighted by molar-refractivity contribution is -0.107. The monoisotopic (exact) mass is 210 g/mol. The maximum atomic E-state index is 10.0. The van der Waals surface area contributed by atoms with E-state index < -0.39 is 0 Å². The zero-order chi connectivity index (χ0) is 9.78. The van der Waals surface area contributed by atoms with Crippen LogP contribution >= 0.6 is 0 Å². The summed E-state index contributed by atoms with van der Waals surface area (Å²) >= 11 is 0. The van der Waals surface area contributed by atoms with E-state index in [0.717, 1.165) is 19.1 Å². The predicted molar refractivity (Wildman–Crippen MR) is 66.5 cm³/mol. The Bertz CT molecular complexity index is 104. The molecule has 0 saturated heterocycles. The average Bonchev–Trinajstić information content (AvgIpc) is 2.16. The van der Waals surface area contributed by atoms with Gasteiger partial charge in [-0.3, -0.25) is 0 Å². The summed E-state index contributed by atoms with van der Waals surface area (Å²) in [7, 11) is 0. The fourth-order valence-corrected chi connectivity index (χ4v) is 1.54. The highest BCUT2D eigenvalue weighted by Crippen LogP contribution is 2.09. The molecule has 0 saturated carbocycles. The first-order chi connectivity index (χ1) is 6.41. The number of carbonyl (C=O) groups excluding carboxylic acids is 1. The lowest BCUT2D eigenvalue weighted by Gasteiger charge is -1.99. The van der Waals surface area contributed by atoms with Crippen LogP contribution in [0.4, 0.5) is 0 Å². The molecule has 0 fully saturated rings. The van der Waals surface area contributed by atoms with E-state index in [0.29, 0.717) is 0 Å². The Morgan fingerprint density at radius 3 is 1.64 bits per heavy atom. The van der Waals surface area contributed by atoms with E-state index in [2.05, 4.69) is 6.92 Å². The summed E-state index contributed by atoms with van der Waals surface area (Å²) < 4.78 is 0. The van der Waals surface area contributed by atoms with E-state index in [-0.39, 0.29) is 23.1 Å². The maximum absolute atomic E-state index is 10.0. The van der Waals surface area contributed by atoms with Crippen LogP contribution in [0.2, 0.25) is 0 Å². The summed E-state index contributed by atoms with van der Waals surface area (Å²) in [6.45, 7) is 2.25. The Labute approximate surface area is 105 Å². The van der Waals surface area contributed by atoms with Gasteiger partial charge in [-0.15, -0.1) is 0 Å². The lowest BCUT2D eigenvalue weighted by atomic mass is 10.1. The molecular weight excluding hydrogens is 184 g/mol. The molecule has 0 aromatic heterocycles. The van der Waals surface area contributed by atoms with Crippen LogP contribution < -0.4 is 0 Å². The molecule has 0 spiro atoms. The normalized spacial score (nSPS) is 9.50. The van der Waals surface area contributed by atoms with Crippen LogP contribution in [-0.4, -0.2) is 29.3 Å². The van der Waals surface area contributed by atoms with Gasteiger partial charge in [0.2, 0.25) is 0 Å². The highest BCUT2D eigenvalue weighted by molar-refractivity contribution is 5.75. The first-order valence-corrected chi connectivity index (χ1v) is 5.85. The van der Waals surface area contributed by atoms with Crippen molar-refractivity contribution < 1.29 is 4.79 Å². The van der Waals surface area contributed by atoms with E-state index in [1.165, 1.54) is 51.4 Å². The van der Waals surface area contributed by atoms with Gasteiger partial charge in [-0.05, 0) is 6.42 Å². The molecule has 0 radical (unpaired) electrons. The minimum absolute atomic E-state index is 0. The SMILES string of the molecule is CCCCCCCCCCCC=O.[MgH2]. The molecule has 0 rings (SSSR count). The second kappa shape index (κ2) is 15.9. The van der Waals surface area contributed by atoms with Crippen LogP contribution in [0.15, 0.2) is 0 Å². The molecule has 0 bridgehead atoms. The third kappa shape index (κ3) is 14.9. The van der Waals surface area contributed by atoms with E-state index in [9.17, 15) is 4.79 Å². The first kappa shape index (κ1) is 16.9. The maximum Gasteiger partial charge on any atom is 0.316 e. The standard InChI is InChI=1S/C12H24O.Mg.2H/c1-2-3-4-5-6-7-8-9-10-11-12-13;;;/h12H,2-11H2,1H3;;;. The smallest absolute Gasteiger partial charge is 0.303 e. The second-order valence-corrected chi connectivity index (χ2v) is 3.78. The predicted octanol–water partition coefficient (Wildman–Crippen LogP) is 3.19. The summed E-state index contributed by atoms with van der Waals surface area (Å²) in [5, 5.41) is 0. The molecule has 0 aromatic rings. The van der Waals surface area contributed by atoms with Crippen LogP contribution in [0.3, 0.4) is 0 Å². The Morgan fingerprint density at radius 1 is 0.786 bits per heavy atom. The summed E-state index contributed by atoms with van der Waals surface area (Å²) in [5.41, 5.74) is 0. The van der Waals surface area contributed by atoms with Crippen molar-refractivity contribution in [2.45, 2.75) is 71.1 Å². The number of hydrogen-bond acceptors (Lipinski definition) is 1. The van der Waals surface area contributed by atoms with Crippen molar-refractivity contribution in [3.63, 3.8) is 0 Å². The van der Waals surface area contributed by atoms with Crippen molar-refractivity contribution in [1.82, 2.24) is 0 Å². The van der Waals surface area contributed by atoms with Gasteiger partial charge in [0, 0.05) is 6.42 Å². The van der Waals surface area contributed by atoms with Crippen molar-refractivity contribution in [1.29, 1.82) is 0 Å². The van der Waals surface area contributed by atoms with Crippen LogP contribution in [0.1, 0.15) is 71.1 Å². The molecule has 0 aliphatic rings. The third-order valence-corrected chi connectivity index (χ3v) is 2.43. The van der Waals surface area contributed by atoms with Crippen molar-refractivity contribution in [2.24, 2.45) is 0 Å². The van der Waals surface area contributed by atoms with Gasteiger partial charge in [-0.1, -0.05) is 58.3 Å². The molecular formula is C12H26MgO. The van der Waals surface area contributed by atoms with Gasteiger partial charge >= 0.3 is 23.1 Å². The van der Waals surface area contributed by atoms with Crippen molar-refractivity contribution >= 4 is 29.3 Å². The van der Waals surface area contributed by atoms with Gasteiger partial charge in [0.05, 0.1) is 0 Å². The minimum atomic E-state index is 0. The Morgan fingerprint density at radius 2 is 1.21 bits per heavy atom. The van der Waals surface area contributed by atoms with E-state index in [1.807, 2.05) is 0 Å².